The van der Waals surface area contributed by atoms with Crippen LogP contribution < -0.4 is 5.32 Å². The molecule has 0 radical (unpaired) electrons. The van der Waals surface area contributed by atoms with Crippen LogP contribution in [0.4, 0.5) is 0 Å². The van der Waals surface area contributed by atoms with Crippen molar-refractivity contribution in [3.05, 3.63) is 0 Å². The molecule has 0 aromatic rings. The van der Waals surface area contributed by atoms with E-state index < -0.39 is 0 Å². The van der Waals surface area contributed by atoms with Gasteiger partial charge in [0.15, 0.2) is 0 Å². The lowest BCUT2D eigenvalue weighted by molar-refractivity contribution is 0.245. The highest BCUT2D eigenvalue weighted by molar-refractivity contribution is 4.94. The van der Waals surface area contributed by atoms with E-state index in [1.165, 1.54) is 83.6 Å². The number of aliphatic hydroxyl groups excluding tert-OH is 1. The van der Waals surface area contributed by atoms with Gasteiger partial charge in [0, 0.05) is 13.2 Å². The molecule has 0 amide bonds. The van der Waals surface area contributed by atoms with E-state index in [-0.39, 0.29) is 0 Å². The Labute approximate surface area is 126 Å². The van der Waals surface area contributed by atoms with Crippen molar-refractivity contribution in [1.82, 2.24) is 5.32 Å². The van der Waals surface area contributed by atoms with E-state index in [4.69, 9.17) is 5.11 Å². The number of hydrogen-bond donors (Lipinski definition) is 2. The van der Waals surface area contributed by atoms with Crippen molar-refractivity contribution in [3.63, 3.8) is 0 Å². The van der Waals surface area contributed by atoms with Crippen molar-refractivity contribution < 1.29 is 5.11 Å². The third-order valence-electron chi connectivity index (χ3n) is 4.81. The maximum atomic E-state index is 9.01. The molecule has 1 rings (SSSR count). The highest BCUT2D eigenvalue weighted by atomic mass is 16.3. The zero-order valence-electron chi connectivity index (χ0n) is 13.8. The molecule has 0 unspecified atom stereocenters. The van der Waals surface area contributed by atoms with E-state index in [0.717, 1.165) is 13.0 Å². The van der Waals surface area contributed by atoms with Crippen molar-refractivity contribution in [2.24, 2.45) is 5.41 Å². The fourth-order valence-corrected chi connectivity index (χ4v) is 3.02. The minimum absolute atomic E-state index is 0.361. The normalized spacial score (nSPS) is 16.5. The minimum atomic E-state index is 0.361. The van der Waals surface area contributed by atoms with Gasteiger partial charge in [-0.2, -0.15) is 0 Å². The second-order valence-electron chi connectivity index (χ2n) is 6.83. The molecule has 2 nitrogen and oxygen atoms in total. The lowest BCUT2D eigenvalue weighted by atomic mass is 10.0. The number of hydrogen-bond acceptors (Lipinski definition) is 2. The van der Waals surface area contributed by atoms with Crippen molar-refractivity contribution in [2.75, 3.05) is 19.7 Å². The Kier molecular flexibility index (Phi) is 10.4. The Bertz CT molecular complexity index is 213. The van der Waals surface area contributed by atoms with Crippen molar-refractivity contribution in [1.29, 1.82) is 0 Å². The molecule has 0 bridgehead atoms. The molecule has 0 spiro atoms. The first-order valence-corrected chi connectivity index (χ1v) is 9.14. The Balaban J connectivity index is 1.73. The third-order valence-corrected chi connectivity index (χ3v) is 4.81. The van der Waals surface area contributed by atoms with Crippen LogP contribution in [0.5, 0.6) is 0 Å². The van der Waals surface area contributed by atoms with Gasteiger partial charge in [-0.3, -0.25) is 0 Å². The number of nitrogens with one attached hydrogen (secondary N) is 1. The third kappa shape index (κ3) is 8.97. The van der Waals surface area contributed by atoms with Gasteiger partial charge in [0.25, 0.3) is 0 Å². The van der Waals surface area contributed by atoms with E-state index in [2.05, 4.69) is 12.2 Å². The molecule has 2 N–H and O–H groups in total. The summed E-state index contributed by atoms with van der Waals surface area (Å²) >= 11 is 0. The summed E-state index contributed by atoms with van der Waals surface area (Å²) in [6.07, 6.45) is 17.7. The Morgan fingerprint density at radius 3 is 1.90 bits per heavy atom. The summed E-state index contributed by atoms with van der Waals surface area (Å²) in [4.78, 5) is 0. The van der Waals surface area contributed by atoms with Gasteiger partial charge in [-0.15, -0.1) is 0 Å². The predicted octanol–water partition coefficient (Wildman–Crippen LogP) is 4.66. The highest BCUT2D eigenvalue weighted by Crippen LogP contribution is 2.47. The lowest BCUT2D eigenvalue weighted by Crippen LogP contribution is -2.25. The van der Waals surface area contributed by atoms with Crippen molar-refractivity contribution in [2.45, 2.75) is 90.4 Å². The molecular weight excluding hydrogens is 246 g/mol. The molecular formula is C18H37NO. The average molecular weight is 284 g/mol. The summed E-state index contributed by atoms with van der Waals surface area (Å²) in [6, 6.07) is 0. The van der Waals surface area contributed by atoms with Crippen LogP contribution in [0.1, 0.15) is 90.4 Å². The molecule has 2 heteroatoms. The average Bonchev–Trinajstić information content (AvgIpc) is 3.20. The molecule has 20 heavy (non-hydrogen) atoms. The topological polar surface area (TPSA) is 32.3 Å². The first kappa shape index (κ1) is 18.0. The first-order valence-electron chi connectivity index (χ1n) is 9.14. The maximum absolute atomic E-state index is 9.01. The van der Waals surface area contributed by atoms with Crippen LogP contribution in [0.25, 0.3) is 0 Å². The van der Waals surface area contributed by atoms with E-state index in [0.29, 0.717) is 12.0 Å². The lowest BCUT2D eigenvalue weighted by Gasteiger charge is -2.14. The van der Waals surface area contributed by atoms with Crippen molar-refractivity contribution in [3.8, 4) is 0 Å². The Morgan fingerprint density at radius 1 is 0.850 bits per heavy atom. The van der Waals surface area contributed by atoms with Gasteiger partial charge in [-0.1, -0.05) is 64.7 Å². The largest absolute Gasteiger partial charge is 0.396 e. The number of rotatable bonds is 15. The zero-order chi connectivity index (χ0) is 14.5. The summed E-state index contributed by atoms with van der Waals surface area (Å²) in [5, 5.41) is 12.6. The first-order chi connectivity index (χ1) is 9.83. The second-order valence-corrected chi connectivity index (χ2v) is 6.83. The molecule has 0 atom stereocenters. The Hall–Kier alpha value is -0.0800. The molecule has 0 aromatic heterocycles. The van der Waals surface area contributed by atoms with Crippen LogP contribution in [-0.2, 0) is 0 Å². The van der Waals surface area contributed by atoms with Gasteiger partial charge in [0.1, 0.15) is 0 Å². The smallest absolute Gasteiger partial charge is 0.0436 e. The van der Waals surface area contributed by atoms with E-state index in [1.807, 2.05) is 0 Å². The summed E-state index contributed by atoms with van der Waals surface area (Å²) in [5.74, 6) is 0. The van der Waals surface area contributed by atoms with E-state index >= 15 is 0 Å². The van der Waals surface area contributed by atoms with Crippen LogP contribution in [0, 0.1) is 5.41 Å². The Morgan fingerprint density at radius 2 is 1.40 bits per heavy atom. The van der Waals surface area contributed by atoms with Crippen LogP contribution in [0.15, 0.2) is 0 Å². The highest BCUT2D eigenvalue weighted by Gasteiger charge is 2.40. The molecule has 0 saturated heterocycles. The fraction of sp³-hybridized carbons (Fsp3) is 1.00. The van der Waals surface area contributed by atoms with Crippen LogP contribution in [-0.4, -0.2) is 24.8 Å². The SMILES string of the molecule is CCCCCCCCCCCCNCC1(CCO)CC1. The molecule has 1 aliphatic carbocycles. The molecule has 0 heterocycles. The summed E-state index contributed by atoms with van der Waals surface area (Å²) in [6.45, 7) is 4.94. The predicted molar refractivity (Wildman–Crippen MR) is 88.1 cm³/mol. The van der Waals surface area contributed by atoms with Crippen LogP contribution >= 0.6 is 0 Å². The van der Waals surface area contributed by atoms with Gasteiger partial charge in [-0.05, 0) is 37.6 Å². The summed E-state index contributed by atoms with van der Waals surface area (Å²) < 4.78 is 0. The monoisotopic (exact) mass is 283 g/mol. The molecule has 1 saturated carbocycles. The zero-order valence-corrected chi connectivity index (χ0v) is 13.8. The quantitative estimate of drug-likeness (QED) is 0.428. The van der Waals surface area contributed by atoms with E-state index in [9.17, 15) is 0 Å². The van der Waals surface area contributed by atoms with Gasteiger partial charge < -0.3 is 10.4 Å². The second kappa shape index (κ2) is 11.6. The maximum Gasteiger partial charge on any atom is 0.0436 e. The molecule has 1 aliphatic rings. The van der Waals surface area contributed by atoms with Crippen LogP contribution in [0.2, 0.25) is 0 Å². The summed E-state index contributed by atoms with van der Waals surface area (Å²) in [7, 11) is 0. The van der Waals surface area contributed by atoms with Crippen molar-refractivity contribution >= 4 is 0 Å². The molecule has 0 aliphatic heterocycles. The fourth-order valence-electron chi connectivity index (χ4n) is 3.02. The van der Waals surface area contributed by atoms with Gasteiger partial charge in [-0.25, -0.2) is 0 Å². The number of unbranched alkanes of at least 4 members (excludes halogenated alkanes) is 9. The van der Waals surface area contributed by atoms with E-state index in [1.54, 1.807) is 0 Å². The van der Waals surface area contributed by atoms with Gasteiger partial charge in [0.05, 0.1) is 0 Å². The molecule has 120 valence electrons. The molecule has 0 aromatic carbocycles. The molecule has 1 fully saturated rings. The minimum Gasteiger partial charge on any atom is -0.396 e. The van der Waals surface area contributed by atoms with Gasteiger partial charge in [0.2, 0.25) is 0 Å². The van der Waals surface area contributed by atoms with Gasteiger partial charge >= 0.3 is 0 Å². The van der Waals surface area contributed by atoms with Crippen LogP contribution in [0.3, 0.4) is 0 Å². The standard InChI is InChI=1S/C18H37NO/c1-2-3-4-5-6-7-8-9-10-11-15-19-17-18(12-13-18)14-16-20/h19-20H,2-17H2,1H3. The number of aliphatic hydroxyl groups is 1. The summed E-state index contributed by atoms with van der Waals surface area (Å²) in [5.41, 5.74) is 0.479.